The lowest BCUT2D eigenvalue weighted by atomic mass is 10.2. The van der Waals surface area contributed by atoms with Crippen LogP contribution in [0.15, 0.2) is 48.5 Å². The minimum Gasteiger partial charge on any atom is -0.491 e. The highest BCUT2D eigenvalue weighted by Gasteiger charge is 2.15. The number of ether oxygens (including phenoxy) is 3. The molecule has 0 saturated carbocycles. The third-order valence-corrected chi connectivity index (χ3v) is 3.65. The number of hydrogen-bond donors (Lipinski definition) is 1. The van der Waals surface area contributed by atoms with E-state index in [-0.39, 0.29) is 19.9 Å². The molecule has 8 heteroatoms. The first-order valence-electron chi connectivity index (χ1n) is 7.82. The third-order valence-electron chi connectivity index (χ3n) is 3.65. The Morgan fingerprint density at radius 3 is 2.84 bits per heavy atom. The lowest BCUT2D eigenvalue weighted by molar-refractivity contribution is 0.0848. The summed E-state index contributed by atoms with van der Waals surface area (Å²) in [6.07, 6.45) is -0.775. The van der Waals surface area contributed by atoms with E-state index in [4.69, 9.17) is 14.2 Å². The molecule has 0 aliphatic carbocycles. The molecule has 1 N–H and O–H groups in total. The Kier molecular flexibility index (Phi) is 4.17. The average Bonchev–Trinajstić information content (AvgIpc) is 3.29. The monoisotopic (exact) mass is 340 g/mol. The van der Waals surface area contributed by atoms with E-state index < -0.39 is 6.10 Å². The van der Waals surface area contributed by atoms with Gasteiger partial charge in [-0.2, -0.15) is 4.80 Å². The molecule has 0 amide bonds. The van der Waals surface area contributed by atoms with E-state index in [0.29, 0.717) is 23.1 Å². The maximum Gasteiger partial charge on any atom is 0.231 e. The van der Waals surface area contributed by atoms with E-state index in [9.17, 15) is 5.11 Å². The highest BCUT2D eigenvalue weighted by Crippen LogP contribution is 2.35. The molecule has 1 atom stereocenters. The van der Waals surface area contributed by atoms with Crippen LogP contribution in [0.5, 0.6) is 17.2 Å². The zero-order valence-electron chi connectivity index (χ0n) is 13.3. The molecule has 128 valence electrons. The quantitative estimate of drug-likeness (QED) is 0.727. The Morgan fingerprint density at radius 1 is 1.12 bits per heavy atom. The summed E-state index contributed by atoms with van der Waals surface area (Å²) in [5.74, 6) is 2.44. The molecule has 0 bridgehead atoms. The van der Waals surface area contributed by atoms with Crippen molar-refractivity contribution in [3.8, 4) is 28.6 Å². The Balaban J connectivity index is 1.33. The maximum atomic E-state index is 10.1. The number of nitrogens with zero attached hydrogens (tertiary/aromatic N) is 4. The second-order valence-corrected chi connectivity index (χ2v) is 5.51. The van der Waals surface area contributed by atoms with Crippen LogP contribution in [-0.4, -0.2) is 44.8 Å². The van der Waals surface area contributed by atoms with Crippen LogP contribution in [0.2, 0.25) is 0 Å². The summed E-state index contributed by atoms with van der Waals surface area (Å²) >= 11 is 0. The van der Waals surface area contributed by atoms with Gasteiger partial charge in [0.1, 0.15) is 18.5 Å². The van der Waals surface area contributed by atoms with Gasteiger partial charge in [-0.25, -0.2) is 0 Å². The fourth-order valence-electron chi connectivity index (χ4n) is 2.42. The van der Waals surface area contributed by atoms with Crippen LogP contribution in [0.4, 0.5) is 0 Å². The van der Waals surface area contributed by atoms with Crippen molar-refractivity contribution in [3.63, 3.8) is 0 Å². The molecule has 2 heterocycles. The standard InChI is InChI=1S/C17H16N4O4/c22-13(10-23-14-6-7-15-16(8-14)25-11-24-15)9-21-19-17(18-20-21)12-4-2-1-3-5-12/h1-8,13,22H,9-11H2. The predicted octanol–water partition coefficient (Wildman–Crippen LogP) is 1.51. The highest BCUT2D eigenvalue weighted by molar-refractivity contribution is 5.53. The number of benzene rings is 2. The maximum absolute atomic E-state index is 10.1. The Labute approximate surface area is 143 Å². The van der Waals surface area contributed by atoms with Gasteiger partial charge < -0.3 is 19.3 Å². The summed E-state index contributed by atoms with van der Waals surface area (Å²) in [6, 6.07) is 14.8. The van der Waals surface area contributed by atoms with E-state index in [1.54, 1.807) is 18.2 Å². The lowest BCUT2D eigenvalue weighted by Crippen LogP contribution is -2.24. The molecule has 1 aliphatic rings. The average molecular weight is 340 g/mol. The van der Waals surface area contributed by atoms with Crippen molar-refractivity contribution in [1.29, 1.82) is 0 Å². The number of tetrazole rings is 1. The third kappa shape index (κ3) is 3.53. The van der Waals surface area contributed by atoms with Crippen LogP contribution >= 0.6 is 0 Å². The van der Waals surface area contributed by atoms with E-state index in [2.05, 4.69) is 15.4 Å². The molecular weight excluding hydrogens is 324 g/mol. The van der Waals surface area contributed by atoms with Gasteiger partial charge in [0.25, 0.3) is 0 Å². The van der Waals surface area contributed by atoms with E-state index >= 15 is 0 Å². The van der Waals surface area contributed by atoms with Gasteiger partial charge in [0.05, 0.1) is 6.54 Å². The van der Waals surface area contributed by atoms with Gasteiger partial charge in [-0.3, -0.25) is 0 Å². The number of hydrogen-bond acceptors (Lipinski definition) is 7. The molecule has 2 aromatic carbocycles. The molecule has 0 fully saturated rings. The first-order chi connectivity index (χ1) is 12.3. The molecule has 1 aromatic heterocycles. The van der Waals surface area contributed by atoms with Crippen molar-refractivity contribution in [3.05, 3.63) is 48.5 Å². The Bertz CT molecular complexity index is 853. The molecule has 4 rings (SSSR count). The van der Waals surface area contributed by atoms with Gasteiger partial charge >= 0.3 is 0 Å². The Morgan fingerprint density at radius 2 is 1.96 bits per heavy atom. The molecule has 1 aliphatic heterocycles. The van der Waals surface area contributed by atoms with Gasteiger partial charge in [0.15, 0.2) is 11.5 Å². The van der Waals surface area contributed by atoms with Crippen molar-refractivity contribution in [2.75, 3.05) is 13.4 Å². The van der Waals surface area contributed by atoms with Crippen molar-refractivity contribution in [2.45, 2.75) is 12.6 Å². The van der Waals surface area contributed by atoms with E-state index in [1.165, 1.54) is 4.80 Å². The first kappa shape index (κ1) is 15.4. The smallest absolute Gasteiger partial charge is 0.231 e. The molecule has 8 nitrogen and oxygen atoms in total. The van der Waals surface area contributed by atoms with Gasteiger partial charge in [0, 0.05) is 11.6 Å². The molecular formula is C17H16N4O4. The zero-order valence-corrected chi connectivity index (χ0v) is 13.3. The van der Waals surface area contributed by atoms with Crippen LogP contribution in [0.1, 0.15) is 0 Å². The number of rotatable bonds is 6. The minimum absolute atomic E-state index is 0.0991. The van der Waals surface area contributed by atoms with Crippen molar-refractivity contribution >= 4 is 0 Å². The number of fused-ring (bicyclic) bond motifs is 1. The summed E-state index contributed by atoms with van der Waals surface area (Å²) in [4.78, 5) is 1.36. The van der Waals surface area contributed by atoms with Gasteiger partial charge in [-0.05, 0) is 17.3 Å². The van der Waals surface area contributed by atoms with E-state index in [1.807, 2.05) is 30.3 Å². The van der Waals surface area contributed by atoms with Gasteiger partial charge in [0.2, 0.25) is 12.6 Å². The fourth-order valence-corrected chi connectivity index (χ4v) is 2.42. The van der Waals surface area contributed by atoms with Gasteiger partial charge in [-0.15, -0.1) is 10.2 Å². The SMILES string of the molecule is OC(COc1ccc2c(c1)OCO2)Cn1nnc(-c2ccccc2)n1. The molecule has 3 aromatic rings. The predicted molar refractivity (Wildman–Crippen MR) is 87.3 cm³/mol. The summed E-state index contributed by atoms with van der Waals surface area (Å²) in [7, 11) is 0. The zero-order chi connectivity index (χ0) is 17.1. The molecule has 0 radical (unpaired) electrons. The van der Waals surface area contributed by atoms with Crippen LogP contribution in [0.25, 0.3) is 11.4 Å². The fraction of sp³-hybridized carbons (Fsp3) is 0.235. The van der Waals surface area contributed by atoms with Crippen LogP contribution < -0.4 is 14.2 Å². The van der Waals surface area contributed by atoms with Gasteiger partial charge in [-0.1, -0.05) is 30.3 Å². The molecule has 0 spiro atoms. The number of aliphatic hydroxyl groups excluding tert-OH is 1. The first-order valence-corrected chi connectivity index (χ1v) is 7.82. The van der Waals surface area contributed by atoms with Crippen LogP contribution in [-0.2, 0) is 6.54 Å². The summed E-state index contributed by atoms with van der Waals surface area (Å²) in [5.41, 5.74) is 0.875. The number of aromatic nitrogens is 4. The topological polar surface area (TPSA) is 91.5 Å². The number of aliphatic hydroxyl groups is 1. The van der Waals surface area contributed by atoms with Crippen molar-refractivity contribution in [1.82, 2.24) is 20.2 Å². The molecule has 1 unspecified atom stereocenters. The van der Waals surface area contributed by atoms with Crippen molar-refractivity contribution < 1.29 is 19.3 Å². The summed E-state index contributed by atoms with van der Waals surface area (Å²) < 4.78 is 16.1. The molecule has 0 saturated heterocycles. The normalized spacial score (nSPS) is 13.6. The van der Waals surface area contributed by atoms with Crippen LogP contribution in [0.3, 0.4) is 0 Å². The highest BCUT2D eigenvalue weighted by atomic mass is 16.7. The van der Waals surface area contributed by atoms with Crippen molar-refractivity contribution in [2.24, 2.45) is 0 Å². The second-order valence-electron chi connectivity index (χ2n) is 5.51. The summed E-state index contributed by atoms with van der Waals surface area (Å²) in [5, 5.41) is 22.3. The summed E-state index contributed by atoms with van der Waals surface area (Å²) in [6.45, 7) is 0.495. The lowest BCUT2D eigenvalue weighted by Gasteiger charge is -2.11. The second kappa shape index (κ2) is 6.78. The minimum atomic E-state index is -0.775. The Hall–Kier alpha value is -3.13. The van der Waals surface area contributed by atoms with Crippen LogP contribution in [0, 0.1) is 0 Å². The van der Waals surface area contributed by atoms with E-state index in [0.717, 1.165) is 5.56 Å². The molecule has 25 heavy (non-hydrogen) atoms. The largest absolute Gasteiger partial charge is 0.491 e.